The molecule has 3 heteroatoms. The largest absolute Gasteiger partial charge is 0.338 e. The van der Waals surface area contributed by atoms with E-state index in [1.54, 1.807) is 0 Å². The molecule has 82 valence electrons. The van der Waals surface area contributed by atoms with Crippen molar-refractivity contribution in [1.82, 2.24) is 14.9 Å². The number of hydrogen-bond acceptors (Lipinski definition) is 2. The summed E-state index contributed by atoms with van der Waals surface area (Å²) in [6.07, 6.45) is 4.81. The van der Waals surface area contributed by atoms with Crippen LogP contribution in [0.3, 0.4) is 0 Å². The lowest BCUT2D eigenvalue weighted by Gasteiger charge is -2.11. The molecule has 1 aliphatic heterocycles. The number of rotatable bonds is 2. The fourth-order valence-electron chi connectivity index (χ4n) is 2.34. The number of benzene rings is 1. The van der Waals surface area contributed by atoms with Gasteiger partial charge in [-0.25, -0.2) is 4.98 Å². The summed E-state index contributed by atoms with van der Waals surface area (Å²) in [5.41, 5.74) is 2.84. The number of fused-ring (bicyclic) bond motifs is 1. The van der Waals surface area contributed by atoms with Gasteiger partial charge in [-0.15, -0.1) is 0 Å². The van der Waals surface area contributed by atoms with Crippen LogP contribution in [0.15, 0.2) is 36.7 Å². The van der Waals surface area contributed by atoms with Gasteiger partial charge in [0.15, 0.2) is 0 Å². The van der Waals surface area contributed by atoms with Crippen molar-refractivity contribution < 1.29 is 0 Å². The van der Waals surface area contributed by atoms with E-state index < -0.39 is 0 Å². The Hall–Kier alpha value is -1.61. The quantitative estimate of drug-likeness (QED) is 0.824. The average molecular weight is 213 g/mol. The van der Waals surface area contributed by atoms with Gasteiger partial charge in [0.25, 0.3) is 0 Å². The molecule has 0 amide bonds. The number of aryl methyl sites for hydroxylation is 1. The molecule has 0 bridgehead atoms. The summed E-state index contributed by atoms with van der Waals surface area (Å²) in [6, 6.07) is 9.03. The fourth-order valence-corrected chi connectivity index (χ4v) is 2.34. The molecule has 1 aromatic carbocycles. The number of nitrogens with zero attached hydrogens (tertiary/aromatic N) is 2. The highest BCUT2D eigenvalue weighted by atomic mass is 15.0. The molecule has 2 heterocycles. The maximum atomic E-state index is 4.38. The zero-order valence-corrected chi connectivity index (χ0v) is 9.35. The molecule has 0 aliphatic carbocycles. The SMILES string of the molecule is Cn1ccnc1CC1NCc2ccccc21. The second-order valence-electron chi connectivity index (χ2n) is 4.29. The van der Waals surface area contributed by atoms with Gasteiger partial charge in [-0.2, -0.15) is 0 Å². The monoisotopic (exact) mass is 213 g/mol. The summed E-state index contributed by atoms with van der Waals surface area (Å²) in [4.78, 5) is 4.38. The second-order valence-corrected chi connectivity index (χ2v) is 4.29. The van der Waals surface area contributed by atoms with Crippen LogP contribution in [-0.4, -0.2) is 9.55 Å². The zero-order chi connectivity index (χ0) is 11.0. The van der Waals surface area contributed by atoms with Crippen LogP contribution < -0.4 is 5.32 Å². The first-order valence-corrected chi connectivity index (χ1v) is 5.62. The highest BCUT2D eigenvalue weighted by molar-refractivity contribution is 5.34. The van der Waals surface area contributed by atoms with Crippen LogP contribution in [0.25, 0.3) is 0 Å². The average Bonchev–Trinajstić information content (AvgIpc) is 2.88. The van der Waals surface area contributed by atoms with Crippen LogP contribution in [-0.2, 0) is 20.0 Å². The van der Waals surface area contributed by atoms with Crippen molar-refractivity contribution in [3.05, 3.63) is 53.6 Å². The molecule has 0 spiro atoms. The van der Waals surface area contributed by atoms with Gasteiger partial charge in [0, 0.05) is 38.4 Å². The van der Waals surface area contributed by atoms with E-state index in [2.05, 4.69) is 39.1 Å². The Bertz CT molecular complexity index is 501. The molecular formula is C13H15N3. The Labute approximate surface area is 95.1 Å². The van der Waals surface area contributed by atoms with Crippen molar-refractivity contribution in [1.29, 1.82) is 0 Å². The lowest BCUT2D eigenvalue weighted by Crippen LogP contribution is -2.16. The molecular weight excluding hydrogens is 198 g/mol. The van der Waals surface area contributed by atoms with Gasteiger partial charge in [-0.1, -0.05) is 24.3 Å². The standard InChI is InChI=1S/C13H15N3/c1-16-7-6-14-13(16)8-12-11-5-3-2-4-10(11)9-15-12/h2-7,12,15H,8-9H2,1H3. The third-order valence-corrected chi connectivity index (χ3v) is 3.28. The van der Waals surface area contributed by atoms with Crippen molar-refractivity contribution in [3.63, 3.8) is 0 Å². The predicted molar refractivity (Wildman–Crippen MR) is 62.9 cm³/mol. The van der Waals surface area contributed by atoms with Crippen molar-refractivity contribution in [2.24, 2.45) is 7.05 Å². The summed E-state index contributed by atoms with van der Waals surface area (Å²) in [7, 11) is 2.04. The first-order chi connectivity index (χ1) is 7.84. The van der Waals surface area contributed by atoms with Crippen LogP contribution >= 0.6 is 0 Å². The third-order valence-electron chi connectivity index (χ3n) is 3.28. The highest BCUT2D eigenvalue weighted by Gasteiger charge is 2.22. The molecule has 3 nitrogen and oxygen atoms in total. The molecule has 1 unspecified atom stereocenters. The van der Waals surface area contributed by atoms with Gasteiger partial charge >= 0.3 is 0 Å². The zero-order valence-electron chi connectivity index (χ0n) is 9.35. The third kappa shape index (κ3) is 1.53. The maximum Gasteiger partial charge on any atom is 0.110 e. The molecule has 1 N–H and O–H groups in total. The van der Waals surface area contributed by atoms with Gasteiger partial charge in [-0.05, 0) is 11.1 Å². The van der Waals surface area contributed by atoms with Gasteiger partial charge in [0.1, 0.15) is 5.82 Å². The number of aromatic nitrogens is 2. The van der Waals surface area contributed by atoms with E-state index in [1.165, 1.54) is 11.1 Å². The molecule has 0 saturated carbocycles. The Morgan fingerprint density at radius 3 is 3.12 bits per heavy atom. The van der Waals surface area contributed by atoms with Gasteiger partial charge < -0.3 is 9.88 Å². The van der Waals surface area contributed by atoms with Crippen molar-refractivity contribution in [2.75, 3.05) is 0 Å². The van der Waals surface area contributed by atoms with E-state index in [9.17, 15) is 0 Å². The lowest BCUT2D eigenvalue weighted by atomic mass is 10.0. The van der Waals surface area contributed by atoms with Crippen molar-refractivity contribution >= 4 is 0 Å². The summed E-state index contributed by atoms with van der Waals surface area (Å²) in [5.74, 6) is 1.13. The lowest BCUT2D eigenvalue weighted by molar-refractivity contribution is 0.556. The molecule has 0 fully saturated rings. The Kier molecular flexibility index (Phi) is 2.26. The van der Waals surface area contributed by atoms with Crippen LogP contribution in [0.1, 0.15) is 23.0 Å². The van der Waals surface area contributed by atoms with Crippen molar-refractivity contribution in [2.45, 2.75) is 19.0 Å². The first-order valence-electron chi connectivity index (χ1n) is 5.62. The van der Waals surface area contributed by atoms with E-state index in [4.69, 9.17) is 0 Å². The molecule has 1 atom stereocenters. The first kappa shape index (κ1) is 9.60. The van der Waals surface area contributed by atoms with Crippen LogP contribution in [0.2, 0.25) is 0 Å². The smallest absolute Gasteiger partial charge is 0.110 e. The van der Waals surface area contributed by atoms with E-state index >= 15 is 0 Å². The predicted octanol–water partition coefficient (Wildman–Crippen LogP) is 1.81. The summed E-state index contributed by atoms with van der Waals surface area (Å²) < 4.78 is 2.09. The Morgan fingerprint density at radius 2 is 2.31 bits per heavy atom. The Balaban J connectivity index is 1.86. The molecule has 0 radical (unpaired) electrons. The van der Waals surface area contributed by atoms with Gasteiger partial charge in [0.2, 0.25) is 0 Å². The summed E-state index contributed by atoms with van der Waals surface area (Å²) in [6.45, 7) is 0.977. The normalized spacial score (nSPS) is 18.7. The van der Waals surface area contributed by atoms with E-state index in [1.807, 2.05) is 19.4 Å². The van der Waals surface area contributed by atoms with Gasteiger partial charge in [-0.3, -0.25) is 0 Å². The summed E-state index contributed by atoms with van der Waals surface area (Å²) >= 11 is 0. The van der Waals surface area contributed by atoms with Crippen molar-refractivity contribution in [3.8, 4) is 0 Å². The molecule has 1 aromatic heterocycles. The minimum atomic E-state index is 0.414. The molecule has 3 rings (SSSR count). The van der Waals surface area contributed by atoms with E-state index in [0.29, 0.717) is 6.04 Å². The van der Waals surface area contributed by atoms with Gasteiger partial charge in [0.05, 0.1) is 0 Å². The van der Waals surface area contributed by atoms with Crippen LogP contribution in [0.4, 0.5) is 0 Å². The summed E-state index contributed by atoms with van der Waals surface area (Å²) in [5, 5.41) is 3.53. The molecule has 0 saturated heterocycles. The number of nitrogens with one attached hydrogen (secondary N) is 1. The fraction of sp³-hybridized carbons (Fsp3) is 0.308. The minimum Gasteiger partial charge on any atom is -0.338 e. The molecule has 16 heavy (non-hydrogen) atoms. The van der Waals surface area contributed by atoms with E-state index in [0.717, 1.165) is 18.8 Å². The Morgan fingerprint density at radius 1 is 1.44 bits per heavy atom. The van der Waals surface area contributed by atoms with E-state index in [-0.39, 0.29) is 0 Å². The number of imidazole rings is 1. The number of hydrogen-bond donors (Lipinski definition) is 1. The van der Waals surface area contributed by atoms with Crippen LogP contribution in [0, 0.1) is 0 Å². The van der Waals surface area contributed by atoms with Crippen LogP contribution in [0.5, 0.6) is 0 Å². The maximum absolute atomic E-state index is 4.38. The molecule has 1 aliphatic rings. The minimum absolute atomic E-state index is 0.414. The second kappa shape index (κ2) is 3.76. The topological polar surface area (TPSA) is 29.9 Å². The molecule has 2 aromatic rings. The highest BCUT2D eigenvalue weighted by Crippen LogP contribution is 2.27.